The Morgan fingerprint density at radius 2 is 1.78 bits per heavy atom. The number of phenols is 1. The Kier molecular flexibility index (Phi) is 5.62. The molecule has 1 fully saturated rings. The summed E-state index contributed by atoms with van der Waals surface area (Å²) in [4.78, 5) is 8.90. The SMILES string of the molecule is C[NH+]1CC[NH+](Cc2cc(CSc3ccccc3)c3cccnc3c2O)CC1. The molecule has 0 aliphatic carbocycles. The van der Waals surface area contributed by atoms with Crippen molar-refractivity contribution in [1.29, 1.82) is 0 Å². The van der Waals surface area contributed by atoms with Crippen molar-refractivity contribution in [2.45, 2.75) is 17.2 Å². The number of hydrogen-bond acceptors (Lipinski definition) is 3. The van der Waals surface area contributed by atoms with Crippen LogP contribution in [0.15, 0.2) is 59.6 Å². The number of nitrogens with zero attached hydrogens (tertiary/aromatic N) is 1. The normalized spacial score (nSPS) is 20.0. The minimum absolute atomic E-state index is 0.359. The highest BCUT2D eigenvalue weighted by Crippen LogP contribution is 2.33. The van der Waals surface area contributed by atoms with E-state index >= 15 is 0 Å². The predicted octanol–water partition coefficient (Wildman–Crippen LogP) is 1.15. The lowest BCUT2D eigenvalue weighted by Gasteiger charge is -2.27. The fraction of sp³-hybridized carbons (Fsp3) is 0.318. The van der Waals surface area contributed by atoms with E-state index in [0.29, 0.717) is 5.75 Å². The van der Waals surface area contributed by atoms with Crippen molar-refractivity contribution in [1.82, 2.24) is 4.98 Å². The maximum atomic E-state index is 10.9. The summed E-state index contributed by atoms with van der Waals surface area (Å²) in [7, 11) is 2.26. The fourth-order valence-corrected chi connectivity index (χ4v) is 4.68. The number of benzene rings is 2. The van der Waals surface area contributed by atoms with E-state index in [4.69, 9.17) is 0 Å². The van der Waals surface area contributed by atoms with Crippen molar-refractivity contribution in [3.8, 4) is 5.75 Å². The van der Waals surface area contributed by atoms with Crippen LogP contribution in [-0.4, -0.2) is 43.3 Å². The van der Waals surface area contributed by atoms with E-state index in [9.17, 15) is 5.11 Å². The van der Waals surface area contributed by atoms with E-state index in [0.717, 1.165) is 41.9 Å². The first kappa shape index (κ1) is 18.3. The Labute approximate surface area is 164 Å². The summed E-state index contributed by atoms with van der Waals surface area (Å²) in [6.45, 7) is 5.56. The van der Waals surface area contributed by atoms with Gasteiger partial charge in [-0.25, -0.2) is 0 Å². The number of likely N-dealkylation sites (N-methyl/N-ethyl adjacent to an activating group) is 1. The van der Waals surface area contributed by atoms with Crippen LogP contribution >= 0.6 is 11.8 Å². The summed E-state index contributed by atoms with van der Waals surface area (Å²) in [5.74, 6) is 1.24. The number of piperazine rings is 1. The Balaban J connectivity index is 1.62. The second-order valence-electron chi connectivity index (χ2n) is 7.43. The van der Waals surface area contributed by atoms with E-state index < -0.39 is 0 Å². The Morgan fingerprint density at radius 1 is 1.00 bits per heavy atom. The maximum absolute atomic E-state index is 10.9. The second-order valence-corrected chi connectivity index (χ2v) is 8.48. The van der Waals surface area contributed by atoms with E-state index in [1.54, 1.807) is 16.0 Å². The average Bonchev–Trinajstić information content (AvgIpc) is 2.71. The summed E-state index contributed by atoms with van der Waals surface area (Å²) in [6.07, 6.45) is 1.77. The lowest BCUT2D eigenvalue weighted by Crippen LogP contribution is -3.26. The van der Waals surface area contributed by atoms with Gasteiger partial charge in [-0.3, -0.25) is 4.98 Å². The third-order valence-electron chi connectivity index (χ3n) is 5.42. The molecule has 0 amide bonds. The molecule has 1 aromatic heterocycles. The molecular formula is C22H27N3OS+2. The molecule has 2 heterocycles. The van der Waals surface area contributed by atoms with Crippen LogP contribution in [0.4, 0.5) is 0 Å². The predicted molar refractivity (Wildman–Crippen MR) is 110 cm³/mol. The van der Waals surface area contributed by atoms with Gasteiger partial charge in [0.15, 0.2) is 5.75 Å². The number of phenolic OH excluding ortho intramolecular Hbond substituents is 1. The van der Waals surface area contributed by atoms with Crippen LogP contribution in [-0.2, 0) is 12.3 Å². The number of quaternary nitrogens is 2. The van der Waals surface area contributed by atoms with Crippen LogP contribution in [0.25, 0.3) is 10.9 Å². The number of fused-ring (bicyclic) bond motifs is 1. The van der Waals surface area contributed by atoms with Crippen LogP contribution in [0.2, 0.25) is 0 Å². The van der Waals surface area contributed by atoms with Crippen LogP contribution in [0.3, 0.4) is 0 Å². The number of rotatable bonds is 5. The first-order valence-electron chi connectivity index (χ1n) is 9.62. The quantitative estimate of drug-likeness (QED) is 0.581. The van der Waals surface area contributed by atoms with Crippen molar-refractivity contribution in [3.05, 3.63) is 65.9 Å². The van der Waals surface area contributed by atoms with E-state index in [1.165, 1.54) is 23.5 Å². The van der Waals surface area contributed by atoms with Gasteiger partial charge in [0.2, 0.25) is 0 Å². The molecule has 1 aliphatic rings. The highest BCUT2D eigenvalue weighted by Gasteiger charge is 2.22. The summed E-state index contributed by atoms with van der Waals surface area (Å²) in [5.41, 5.74) is 3.01. The number of pyridine rings is 1. The van der Waals surface area contributed by atoms with Gasteiger partial charge in [0.05, 0.1) is 12.6 Å². The third-order valence-corrected chi connectivity index (χ3v) is 6.48. The molecule has 4 rings (SSSR count). The summed E-state index contributed by atoms with van der Waals surface area (Å²) in [5, 5.41) is 11.9. The molecule has 27 heavy (non-hydrogen) atoms. The maximum Gasteiger partial charge on any atom is 0.150 e. The molecule has 140 valence electrons. The summed E-state index contributed by atoms with van der Waals surface area (Å²) >= 11 is 1.83. The summed E-state index contributed by atoms with van der Waals surface area (Å²) < 4.78 is 0. The fourth-order valence-electron chi connectivity index (χ4n) is 3.77. The van der Waals surface area contributed by atoms with Gasteiger partial charge in [0.25, 0.3) is 0 Å². The minimum atomic E-state index is 0.359. The van der Waals surface area contributed by atoms with Crippen LogP contribution < -0.4 is 9.80 Å². The van der Waals surface area contributed by atoms with E-state index in [-0.39, 0.29) is 0 Å². The molecule has 0 atom stereocenters. The van der Waals surface area contributed by atoms with Crippen molar-refractivity contribution in [3.63, 3.8) is 0 Å². The standard InChI is InChI=1S/C22H25N3OS/c1-24-10-12-25(13-11-24)15-17-14-18(16-27-19-6-3-2-4-7-19)20-8-5-9-23-21(20)22(17)26/h2-9,14,26H,10-13,15-16H2,1H3/p+2. The smallest absolute Gasteiger partial charge is 0.150 e. The second kappa shape index (κ2) is 8.30. The first-order chi connectivity index (χ1) is 13.2. The molecule has 0 radical (unpaired) electrons. The lowest BCUT2D eigenvalue weighted by atomic mass is 10.0. The molecule has 3 aromatic rings. The highest BCUT2D eigenvalue weighted by atomic mass is 32.2. The lowest BCUT2D eigenvalue weighted by molar-refractivity contribution is -1.01. The van der Waals surface area contributed by atoms with Gasteiger partial charge in [0.1, 0.15) is 38.2 Å². The zero-order valence-corrected chi connectivity index (χ0v) is 16.6. The Bertz CT molecular complexity index is 908. The van der Waals surface area contributed by atoms with Crippen LogP contribution in [0.1, 0.15) is 11.1 Å². The number of aromatic nitrogens is 1. The average molecular weight is 382 g/mol. The molecule has 0 bridgehead atoms. The molecule has 1 aliphatic heterocycles. The molecule has 0 saturated carbocycles. The topological polar surface area (TPSA) is 42.0 Å². The molecule has 5 heteroatoms. The summed E-state index contributed by atoms with van der Waals surface area (Å²) in [6, 6.07) is 16.7. The van der Waals surface area contributed by atoms with E-state index in [1.807, 2.05) is 23.9 Å². The molecule has 4 nitrogen and oxygen atoms in total. The number of aromatic hydroxyl groups is 1. The number of thioether (sulfide) groups is 1. The molecule has 1 saturated heterocycles. The number of hydrogen-bond donors (Lipinski definition) is 3. The molecule has 0 unspecified atom stereocenters. The van der Waals surface area contributed by atoms with Gasteiger partial charge in [-0.15, -0.1) is 11.8 Å². The zero-order chi connectivity index (χ0) is 18.6. The zero-order valence-electron chi connectivity index (χ0n) is 15.7. The monoisotopic (exact) mass is 381 g/mol. The van der Waals surface area contributed by atoms with Gasteiger partial charge < -0.3 is 14.9 Å². The van der Waals surface area contributed by atoms with Crippen molar-refractivity contribution in [2.75, 3.05) is 33.2 Å². The molecule has 3 N–H and O–H groups in total. The number of nitrogens with one attached hydrogen (secondary N) is 2. The van der Waals surface area contributed by atoms with Gasteiger partial charge in [-0.1, -0.05) is 24.3 Å². The van der Waals surface area contributed by atoms with Crippen LogP contribution in [0.5, 0.6) is 5.75 Å². The van der Waals surface area contributed by atoms with Crippen LogP contribution in [0, 0.1) is 0 Å². The van der Waals surface area contributed by atoms with Gasteiger partial charge in [-0.05, 0) is 29.8 Å². The van der Waals surface area contributed by atoms with Gasteiger partial charge >= 0.3 is 0 Å². The molecule has 0 spiro atoms. The van der Waals surface area contributed by atoms with E-state index in [2.05, 4.69) is 48.4 Å². The van der Waals surface area contributed by atoms with Gasteiger partial charge in [0, 0.05) is 22.2 Å². The Hall–Kier alpha value is -2.08. The minimum Gasteiger partial charge on any atom is -0.505 e. The first-order valence-corrected chi connectivity index (χ1v) is 10.6. The van der Waals surface area contributed by atoms with Crippen molar-refractivity contribution in [2.24, 2.45) is 0 Å². The third kappa shape index (κ3) is 4.26. The van der Waals surface area contributed by atoms with Crippen molar-refractivity contribution >= 4 is 22.7 Å². The molecule has 2 aromatic carbocycles. The van der Waals surface area contributed by atoms with Gasteiger partial charge in [-0.2, -0.15) is 0 Å². The largest absolute Gasteiger partial charge is 0.505 e. The Morgan fingerprint density at radius 3 is 2.56 bits per heavy atom. The van der Waals surface area contributed by atoms with Crippen molar-refractivity contribution < 1.29 is 14.9 Å². The highest BCUT2D eigenvalue weighted by molar-refractivity contribution is 7.98. The molecular weight excluding hydrogens is 354 g/mol.